The number of aromatic carboxylic acids is 1. The maximum Gasteiger partial charge on any atom is 0.358 e. The molecular weight excluding hydrogens is 248 g/mol. The number of ether oxygens (including phenoxy) is 1. The molecule has 7 heteroatoms. The van der Waals surface area contributed by atoms with Gasteiger partial charge in [0, 0.05) is 19.6 Å². The molecule has 1 N–H and O–H groups in total. The fourth-order valence-electron chi connectivity index (χ4n) is 1.93. The first kappa shape index (κ1) is 14.0. The van der Waals surface area contributed by atoms with E-state index in [-0.39, 0.29) is 17.3 Å². The van der Waals surface area contributed by atoms with E-state index in [0.717, 1.165) is 19.6 Å². The lowest BCUT2D eigenvalue weighted by molar-refractivity contribution is -0.0272. The number of nitrogens with zero attached hydrogens (tertiary/aromatic N) is 4. The van der Waals surface area contributed by atoms with Gasteiger partial charge in [-0.1, -0.05) is 5.21 Å². The minimum Gasteiger partial charge on any atom is -0.476 e. The third-order valence-electron chi connectivity index (χ3n) is 2.98. The number of rotatable bonds is 5. The van der Waals surface area contributed by atoms with Crippen molar-refractivity contribution in [2.75, 3.05) is 26.2 Å². The molecule has 0 saturated carbocycles. The van der Waals surface area contributed by atoms with Crippen LogP contribution in [-0.4, -0.2) is 62.8 Å². The molecule has 7 nitrogen and oxygen atoms in total. The average Bonchev–Trinajstić information content (AvgIpc) is 2.68. The Balaban J connectivity index is 1.72. The number of hydrogen-bond donors (Lipinski definition) is 1. The van der Waals surface area contributed by atoms with E-state index in [2.05, 4.69) is 15.2 Å². The second-order valence-corrected chi connectivity index (χ2v) is 5.76. The Morgan fingerprint density at radius 2 is 2.21 bits per heavy atom. The number of carbonyl (C=O) groups is 1. The number of likely N-dealkylation sites (tertiary alicyclic amines) is 1. The summed E-state index contributed by atoms with van der Waals surface area (Å²) in [5, 5.41) is 16.2. The number of aromatic nitrogens is 3. The Hall–Kier alpha value is -1.47. The van der Waals surface area contributed by atoms with E-state index >= 15 is 0 Å². The van der Waals surface area contributed by atoms with Crippen molar-refractivity contribution < 1.29 is 14.6 Å². The summed E-state index contributed by atoms with van der Waals surface area (Å²) in [6, 6.07) is 0.218. The molecule has 19 heavy (non-hydrogen) atoms. The van der Waals surface area contributed by atoms with Gasteiger partial charge in [-0.3, -0.25) is 4.90 Å². The first-order valence-electron chi connectivity index (χ1n) is 6.36. The lowest BCUT2D eigenvalue weighted by Crippen LogP contribution is -2.49. The molecule has 2 heterocycles. The monoisotopic (exact) mass is 268 g/mol. The van der Waals surface area contributed by atoms with Crippen molar-refractivity contribution in [3.05, 3.63) is 11.9 Å². The smallest absolute Gasteiger partial charge is 0.358 e. The van der Waals surface area contributed by atoms with Crippen molar-refractivity contribution in [2.24, 2.45) is 0 Å². The van der Waals surface area contributed by atoms with Gasteiger partial charge in [0.15, 0.2) is 5.69 Å². The summed E-state index contributed by atoms with van der Waals surface area (Å²) in [4.78, 5) is 12.9. The molecule has 0 atom stereocenters. The van der Waals surface area contributed by atoms with Crippen LogP contribution in [0.5, 0.6) is 0 Å². The van der Waals surface area contributed by atoms with Crippen molar-refractivity contribution in [2.45, 2.75) is 32.4 Å². The number of carboxylic acids is 1. The summed E-state index contributed by atoms with van der Waals surface area (Å²) in [6.07, 6.45) is 1.48. The Kier molecular flexibility index (Phi) is 3.86. The third-order valence-corrected chi connectivity index (χ3v) is 2.98. The number of hydrogen-bond acceptors (Lipinski definition) is 5. The zero-order valence-electron chi connectivity index (χ0n) is 11.5. The summed E-state index contributed by atoms with van der Waals surface area (Å²) in [7, 11) is 0. The molecule has 0 aromatic carbocycles. The molecule has 0 amide bonds. The molecule has 0 unspecified atom stereocenters. The van der Waals surface area contributed by atoms with Gasteiger partial charge < -0.3 is 9.84 Å². The van der Waals surface area contributed by atoms with Gasteiger partial charge in [0.2, 0.25) is 0 Å². The highest BCUT2D eigenvalue weighted by atomic mass is 16.5. The highest BCUT2D eigenvalue weighted by Crippen LogP contribution is 2.20. The summed E-state index contributed by atoms with van der Waals surface area (Å²) >= 11 is 0. The molecule has 106 valence electrons. The predicted octanol–water partition coefficient (Wildman–Crippen LogP) is 0.648. The van der Waals surface area contributed by atoms with Crippen LogP contribution in [0.3, 0.4) is 0 Å². The van der Waals surface area contributed by atoms with Gasteiger partial charge in [0.05, 0.1) is 24.4 Å². The fourth-order valence-corrected chi connectivity index (χ4v) is 1.93. The lowest BCUT2D eigenvalue weighted by Gasteiger charge is -2.39. The van der Waals surface area contributed by atoms with Crippen LogP contribution in [0.2, 0.25) is 0 Å². The lowest BCUT2D eigenvalue weighted by atomic mass is 10.1. The second-order valence-electron chi connectivity index (χ2n) is 5.76. The largest absolute Gasteiger partial charge is 0.476 e. The first-order chi connectivity index (χ1) is 8.85. The van der Waals surface area contributed by atoms with Gasteiger partial charge >= 0.3 is 5.97 Å². The molecule has 1 saturated heterocycles. The maximum atomic E-state index is 10.7. The van der Waals surface area contributed by atoms with Crippen LogP contribution in [0.15, 0.2) is 6.20 Å². The van der Waals surface area contributed by atoms with E-state index in [1.807, 2.05) is 20.8 Å². The molecule has 0 aliphatic carbocycles. The molecule has 1 aliphatic heterocycles. The summed E-state index contributed by atoms with van der Waals surface area (Å²) in [5.41, 5.74) is -0.110. The van der Waals surface area contributed by atoms with E-state index in [1.54, 1.807) is 4.68 Å². The molecule has 0 radical (unpaired) electrons. The van der Waals surface area contributed by atoms with Crippen molar-refractivity contribution in [1.82, 2.24) is 19.9 Å². The Morgan fingerprint density at radius 3 is 2.74 bits per heavy atom. The zero-order valence-corrected chi connectivity index (χ0v) is 11.5. The van der Waals surface area contributed by atoms with Crippen LogP contribution in [0.25, 0.3) is 0 Å². The van der Waals surface area contributed by atoms with Crippen LogP contribution in [-0.2, 0) is 4.74 Å². The molecule has 1 aromatic rings. The van der Waals surface area contributed by atoms with E-state index in [1.165, 1.54) is 6.20 Å². The SMILES string of the molecule is CC(C)(C)OCCN1CC(n2cc(C(=O)O)nn2)C1. The minimum absolute atomic E-state index is 0.00508. The molecule has 0 spiro atoms. The molecule has 1 aliphatic rings. The maximum absolute atomic E-state index is 10.7. The molecule has 1 aromatic heterocycles. The predicted molar refractivity (Wildman–Crippen MR) is 68.2 cm³/mol. The molecule has 1 fully saturated rings. The first-order valence-corrected chi connectivity index (χ1v) is 6.36. The van der Waals surface area contributed by atoms with Crippen LogP contribution < -0.4 is 0 Å². The number of carboxylic acid groups (broad SMARTS) is 1. The van der Waals surface area contributed by atoms with E-state index in [9.17, 15) is 4.79 Å². The highest BCUT2D eigenvalue weighted by molar-refractivity contribution is 5.84. The standard InChI is InChI=1S/C12H20N4O3/c1-12(2,3)19-5-4-15-6-9(7-15)16-8-10(11(17)18)13-14-16/h8-9H,4-7H2,1-3H3,(H,17,18). The van der Waals surface area contributed by atoms with Gasteiger partial charge in [0.25, 0.3) is 0 Å². The third kappa shape index (κ3) is 3.74. The minimum atomic E-state index is -1.04. The molecule has 2 rings (SSSR count). The zero-order chi connectivity index (χ0) is 14.0. The van der Waals surface area contributed by atoms with Gasteiger partial charge in [-0.15, -0.1) is 5.10 Å². The van der Waals surface area contributed by atoms with E-state index in [4.69, 9.17) is 9.84 Å². The van der Waals surface area contributed by atoms with Crippen LogP contribution >= 0.6 is 0 Å². The summed E-state index contributed by atoms with van der Waals surface area (Å²) < 4.78 is 7.29. The van der Waals surface area contributed by atoms with Crippen molar-refractivity contribution in [3.63, 3.8) is 0 Å². The average molecular weight is 268 g/mol. The van der Waals surface area contributed by atoms with Crippen molar-refractivity contribution >= 4 is 5.97 Å². The van der Waals surface area contributed by atoms with Crippen LogP contribution in [0.4, 0.5) is 0 Å². The van der Waals surface area contributed by atoms with Crippen LogP contribution in [0.1, 0.15) is 37.3 Å². The fraction of sp³-hybridized carbons (Fsp3) is 0.750. The topological polar surface area (TPSA) is 80.5 Å². The van der Waals surface area contributed by atoms with Crippen molar-refractivity contribution in [1.29, 1.82) is 0 Å². The molecular formula is C12H20N4O3. The van der Waals surface area contributed by atoms with E-state index < -0.39 is 5.97 Å². The Labute approximate surface area is 112 Å². The van der Waals surface area contributed by atoms with Gasteiger partial charge in [-0.25, -0.2) is 9.48 Å². The van der Waals surface area contributed by atoms with Gasteiger partial charge in [0.1, 0.15) is 0 Å². The summed E-state index contributed by atoms with van der Waals surface area (Å²) in [6.45, 7) is 9.41. The van der Waals surface area contributed by atoms with Gasteiger partial charge in [-0.2, -0.15) is 0 Å². The Morgan fingerprint density at radius 1 is 1.53 bits per heavy atom. The van der Waals surface area contributed by atoms with E-state index in [0.29, 0.717) is 6.61 Å². The van der Waals surface area contributed by atoms with Gasteiger partial charge in [-0.05, 0) is 20.8 Å². The highest BCUT2D eigenvalue weighted by Gasteiger charge is 2.29. The normalized spacial score (nSPS) is 17.4. The quantitative estimate of drug-likeness (QED) is 0.844. The second kappa shape index (κ2) is 5.26. The van der Waals surface area contributed by atoms with Crippen molar-refractivity contribution in [3.8, 4) is 0 Å². The van der Waals surface area contributed by atoms with Crippen LogP contribution in [0, 0.1) is 0 Å². The summed E-state index contributed by atoms with van der Waals surface area (Å²) in [5.74, 6) is -1.04. The Bertz CT molecular complexity index is 446. The molecule has 0 bridgehead atoms.